The summed E-state index contributed by atoms with van der Waals surface area (Å²) in [5.74, 6) is 1.50. The van der Waals surface area contributed by atoms with Crippen LogP contribution in [-0.2, 0) is 13.0 Å². The first-order valence-electron chi connectivity index (χ1n) is 7.30. The number of rotatable bonds is 2. The van der Waals surface area contributed by atoms with E-state index in [-0.39, 0.29) is 11.7 Å². The van der Waals surface area contributed by atoms with Crippen molar-refractivity contribution in [1.29, 1.82) is 0 Å². The number of nitrogens with zero attached hydrogens (tertiary/aromatic N) is 3. The van der Waals surface area contributed by atoms with Crippen LogP contribution in [-0.4, -0.2) is 32.5 Å². The zero-order chi connectivity index (χ0) is 14.4. The molecule has 1 aliphatic carbocycles. The van der Waals surface area contributed by atoms with E-state index in [0.29, 0.717) is 19.0 Å². The van der Waals surface area contributed by atoms with Crippen molar-refractivity contribution < 1.29 is 4.79 Å². The summed E-state index contributed by atoms with van der Waals surface area (Å²) < 4.78 is 0. The number of fused-ring (bicyclic) bond motifs is 1. The number of aromatic amines is 1. The molecule has 1 aromatic carbocycles. The van der Waals surface area contributed by atoms with E-state index in [0.717, 1.165) is 41.9 Å². The van der Waals surface area contributed by atoms with Crippen molar-refractivity contribution in [2.75, 3.05) is 12.3 Å². The maximum Gasteiger partial charge on any atom is 0.293 e. The van der Waals surface area contributed by atoms with Crippen LogP contribution in [0.5, 0.6) is 0 Å². The average Bonchev–Trinajstić information content (AvgIpc) is 3.24. The molecule has 2 heterocycles. The third-order valence-corrected chi connectivity index (χ3v) is 4.25. The van der Waals surface area contributed by atoms with Gasteiger partial charge in [0.05, 0.1) is 0 Å². The molecule has 3 N–H and O–H groups in total. The number of aromatic nitrogens is 3. The second kappa shape index (κ2) is 4.58. The molecule has 0 spiro atoms. The minimum absolute atomic E-state index is 0.105. The molecule has 2 aliphatic rings. The fourth-order valence-corrected chi connectivity index (χ4v) is 2.86. The Hall–Kier alpha value is -2.37. The standard InChI is InChI=1S/C15H17N5O/c16-12-3-1-2-10-8-20(7-6-11(10)12)15(21)14-17-13(18-19-14)9-4-5-9/h1-3,9H,4-8,16H2,(H,17,18,19). The predicted octanol–water partition coefficient (Wildman–Crippen LogP) is 1.46. The van der Waals surface area contributed by atoms with E-state index < -0.39 is 0 Å². The highest BCUT2D eigenvalue weighted by molar-refractivity contribution is 5.90. The first-order chi connectivity index (χ1) is 10.2. The van der Waals surface area contributed by atoms with Gasteiger partial charge in [-0.15, -0.1) is 5.10 Å². The molecule has 0 radical (unpaired) electrons. The van der Waals surface area contributed by atoms with E-state index in [2.05, 4.69) is 15.2 Å². The normalized spacial score (nSPS) is 17.6. The second-order valence-corrected chi connectivity index (χ2v) is 5.78. The molecule has 0 bridgehead atoms. The van der Waals surface area contributed by atoms with Crippen LogP contribution in [0.2, 0.25) is 0 Å². The summed E-state index contributed by atoms with van der Waals surface area (Å²) in [7, 11) is 0. The summed E-state index contributed by atoms with van der Waals surface area (Å²) in [6.07, 6.45) is 3.06. The Morgan fingerprint density at radius 3 is 3.05 bits per heavy atom. The first-order valence-corrected chi connectivity index (χ1v) is 7.30. The van der Waals surface area contributed by atoms with E-state index >= 15 is 0 Å². The van der Waals surface area contributed by atoms with Gasteiger partial charge in [-0.3, -0.25) is 9.89 Å². The van der Waals surface area contributed by atoms with Crippen molar-refractivity contribution in [3.05, 3.63) is 41.0 Å². The SMILES string of the molecule is Nc1cccc2c1CCN(C(=O)c1n[nH]c(C3CC3)n1)C2. The Balaban J connectivity index is 1.55. The van der Waals surface area contributed by atoms with Gasteiger partial charge in [-0.05, 0) is 36.5 Å². The molecular weight excluding hydrogens is 266 g/mol. The van der Waals surface area contributed by atoms with Gasteiger partial charge in [-0.2, -0.15) is 0 Å². The van der Waals surface area contributed by atoms with Crippen molar-refractivity contribution >= 4 is 11.6 Å². The molecule has 1 fully saturated rings. The van der Waals surface area contributed by atoms with Gasteiger partial charge in [-0.25, -0.2) is 4.98 Å². The third-order valence-electron chi connectivity index (χ3n) is 4.25. The number of carbonyl (C=O) groups is 1. The van der Waals surface area contributed by atoms with Crippen molar-refractivity contribution in [1.82, 2.24) is 20.1 Å². The van der Waals surface area contributed by atoms with E-state index in [9.17, 15) is 4.79 Å². The van der Waals surface area contributed by atoms with Gasteiger partial charge in [0.15, 0.2) is 0 Å². The number of amides is 1. The summed E-state index contributed by atoms with van der Waals surface area (Å²) in [5.41, 5.74) is 9.08. The minimum Gasteiger partial charge on any atom is -0.398 e. The molecule has 1 saturated carbocycles. The third kappa shape index (κ3) is 2.16. The minimum atomic E-state index is -0.105. The van der Waals surface area contributed by atoms with Crippen molar-refractivity contribution in [3.8, 4) is 0 Å². The van der Waals surface area contributed by atoms with E-state index in [1.807, 2.05) is 18.2 Å². The first kappa shape index (κ1) is 12.4. The lowest BCUT2D eigenvalue weighted by Crippen LogP contribution is -2.36. The van der Waals surface area contributed by atoms with Crippen LogP contribution in [0.15, 0.2) is 18.2 Å². The topological polar surface area (TPSA) is 87.9 Å². The highest BCUT2D eigenvalue weighted by Crippen LogP contribution is 2.37. The molecule has 0 saturated heterocycles. The molecule has 0 unspecified atom stereocenters. The van der Waals surface area contributed by atoms with Gasteiger partial charge in [-0.1, -0.05) is 12.1 Å². The van der Waals surface area contributed by atoms with Crippen LogP contribution in [0, 0.1) is 0 Å². The Morgan fingerprint density at radius 2 is 2.24 bits per heavy atom. The Labute approximate surface area is 122 Å². The molecule has 0 atom stereocenters. The number of anilines is 1. The molecular formula is C15H17N5O. The number of nitrogen functional groups attached to an aromatic ring is 1. The fraction of sp³-hybridized carbons (Fsp3) is 0.400. The van der Waals surface area contributed by atoms with Crippen molar-refractivity contribution in [2.24, 2.45) is 0 Å². The molecule has 1 aliphatic heterocycles. The Bertz CT molecular complexity index is 704. The lowest BCUT2D eigenvalue weighted by molar-refractivity contribution is 0.0723. The van der Waals surface area contributed by atoms with Crippen LogP contribution in [0.4, 0.5) is 5.69 Å². The molecule has 21 heavy (non-hydrogen) atoms. The smallest absolute Gasteiger partial charge is 0.293 e. The van der Waals surface area contributed by atoms with Crippen molar-refractivity contribution in [2.45, 2.75) is 31.7 Å². The predicted molar refractivity (Wildman–Crippen MR) is 77.7 cm³/mol. The molecule has 108 valence electrons. The van der Waals surface area contributed by atoms with Crippen molar-refractivity contribution in [3.63, 3.8) is 0 Å². The van der Waals surface area contributed by atoms with E-state index in [1.54, 1.807) is 4.90 Å². The summed E-state index contributed by atoms with van der Waals surface area (Å²) >= 11 is 0. The van der Waals surface area contributed by atoms with E-state index in [1.165, 1.54) is 0 Å². The van der Waals surface area contributed by atoms with Gasteiger partial charge >= 0.3 is 0 Å². The van der Waals surface area contributed by atoms with Crippen LogP contribution in [0.25, 0.3) is 0 Å². The molecule has 4 rings (SSSR count). The lowest BCUT2D eigenvalue weighted by Gasteiger charge is -2.28. The largest absolute Gasteiger partial charge is 0.398 e. The number of H-pyrrole nitrogens is 1. The zero-order valence-corrected chi connectivity index (χ0v) is 11.7. The van der Waals surface area contributed by atoms with Gasteiger partial charge in [0.2, 0.25) is 5.82 Å². The number of benzene rings is 1. The summed E-state index contributed by atoms with van der Waals surface area (Å²) in [6, 6.07) is 5.87. The highest BCUT2D eigenvalue weighted by Gasteiger charge is 2.30. The molecule has 2 aromatic rings. The summed E-state index contributed by atoms with van der Waals surface area (Å²) in [6.45, 7) is 1.24. The fourth-order valence-electron chi connectivity index (χ4n) is 2.86. The van der Waals surface area contributed by atoms with Crippen LogP contribution in [0.3, 0.4) is 0 Å². The summed E-state index contributed by atoms with van der Waals surface area (Å²) in [5, 5.41) is 6.96. The maximum atomic E-state index is 12.5. The maximum absolute atomic E-state index is 12.5. The number of nitrogens with one attached hydrogen (secondary N) is 1. The number of hydrogen-bond acceptors (Lipinski definition) is 4. The molecule has 6 nitrogen and oxygen atoms in total. The molecule has 1 aromatic heterocycles. The monoisotopic (exact) mass is 283 g/mol. The average molecular weight is 283 g/mol. The summed E-state index contributed by atoms with van der Waals surface area (Å²) in [4.78, 5) is 18.6. The van der Waals surface area contributed by atoms with Crippen LogP contribution < -0.4 is 5.73 Å². The zero-order valence-electron chi connectivity index (χ0n) is 11.7. The second-order valence-electron chi connectivity index (χ2n) is 5.78. The molecule has 1 amide bonds. The van der Waals surface area contributed by atoms with Gasteiger partial charge < -0.3 is 10.6 Å². The highest BCUT2D eigenvalue weighted by atomic mass is 16.2. The Morgan fingerprint density at radius 1 is 1.38 bits per heavy atom. The quantitative estimate of drug-likeness (QED) is 0.817. The number of nitrogens with two attached hydrogens (primary N) is 1. The van der Waals surface area contributed by atoms with Gasteiger partial charge in [0, 0.05) is 24.7 Å². The van der Waals surface area contributed by atoms with Gasteiger partial charge in [0.25, 0.3) is 5.91 Å². The van der Waals surface area contributed by atoms with E-state index in [4.69, 9.17) is 5.73 Å². The lowest BCUT2D eigenvalue weighted by atomic mass is 9.98. The van der Waals surface area contributed by atoms with Crippen LogP contribution >= 0.6 is 0 Å². The van der Waals surface area contributed by atoms with Crippen LogP contribution in [0.1, 0.15) is 46.3 Å². The number of carbonyl (C=O) groups excluding carboxylic acids is 1. The van der Waals surface area contributed by atoms with Gasteiger partial charge in [0.1, 0.15) is 5.82 Å². The Kier molecular flexibility index (Phi) is 2.70. The molecule has 6 heteroatoms. The number of hydrogen-bond donors (Lipinski definition) is 2.